The summed E-state index contributed by atoms with van der Waals surface area (Å²) in [4.78, 5) is 12.9. The molecule has 0 aromatic heterocycles. The Morgan fingerprint density at radius 2 is 1.65 bits per heavy atom. The molecule has 1 aliphatic rings. The number of esters is 1. The first-order valence-corrected chi connectivity index (χ1v) is 13.8. The number of carbonyl (C=O) groups excluding carboxylic acids is 1. The molecule has 0 radical (unpaired) electrons. The summed E-state index contributed by atoms with van der Waals surface area (Å²) in [5.41, 5.74) is -3.12. The third-order valence-electron chi connectivity index (χ3n) is 7.39. The van der Waals surface area contributed by atoms with Gasteiger partial charge in [0.05, 0.1) is 6.61 Å². The summed E-state index contributed by atoms with van der Waals surface area (Å²) in [5, 5.41) is 0. The van der Waals surface area contributed by atoms with Gasteiger partial charge >= 0.3 is 12.1 Å². The molecule has 4 atom stereocenters. The number of benzene rings is 1. The zero-order valence-electron chi connectivity index (χ0n) is 21.3. The highest BCUT2D eigenvalue weighted by molar-refractivity contribution is 6.77. The van der Waals surface area contributed by atoms with Gasteiger partial charge in [0.1, 0.15) is 11.7 Å². The van der Waals surface area contributed by atoms with E-state index in [0.29, 0.717) is 16.6 Å². The van der Waals surface area contributed by atoms with E-state index in [9.17, 15) is 18.0 Å². The Hall–Kier alpha value is -1.82. The molecular formula is C26H39F3O4Si. The highest BCUT2D eigenvalue weighted by atomic mass is 28.4. The molecular weight excluding hydrogens is 461 g/mol. The molecule has 0 N–H and O–H groups in total. The quantitative estimate of drug-likeness (QED) is 0.156. The Kier molecular flexibility index (Phi) is 8.39. The van der Waals surface area contributed by atoms with E-state index < -0.39 is 43.7 Å². The summed E-state index contributed by atoms with van der Waals surface area (Å²) >= 11 is 0. The van der Waals surface area contributed by atoms with Crippen molar-refractivity contribution in [3.8, 4) is 12.3 Å². The second kappa shape index (κ2) is 10.0. The molecule has 34 heavy (non-hydrogen) atoms. The van der Waals surface area contributed by atoms with Gasteiger partial charge in [0, 0.05) is 1.43 Å². The van der Waals surface area contributed by atoms with Crippen molar-refractivity contribution >= 4 is 14.3 Å². The monoisotopic (exact) mass is 500 g/mol. The van der Waals surface area contributed by atoms with Crippen molar-refractivity contribution < 1.29 is 33.3 Å². The fourth-order valence-electron chi connectivity index (χ4n) is 5.13. The lowest BCUT2D eigenvalue weighted by atomic mass is 9.81. The van der Waals surface area contributed by atoms with Gasteiger partial charge in [0.25, 0.3) is 0 Å². The van der Waals surface area contributed by atoms with E-state index in [-0.39, 0.29) is 13.6 Å². The molecule has 1 unspecified atom stereocenters. The van der Waals surface area contributed by atoms with E-state index in [1.807, 2.05) is 0 Å². The van der Waals surface area contributed by atoms with E-state index in [2.05, 4.69) is 47.5 Å². The Morgan fingerprint density at radius 3 is 2.06 bits per heavy atom. The number of ether oxygens (including phenoxy) is 2. The predicted octanol–water partition coefficient (Wildman–Crippen LogP) is 6.65. The Balaban J connectivity index is 0.00000612. The van der Waals surface area contributed by atoms with E-state index in [1.165, 1.54) is 24.3 Å². The smallest absolute Gasteiger partial charge is 0.408 e. The maximum absolute atomic E-state index is 14.1. The maximum atomic E-state index is 14.1. The number of alkyl halides is 3. The SMILES string of the molecule is C#C[C@H](OC(=O)[C@](C)(c1ccccc1)C(F)(F)F)C1(C)O[C@H]1CO[Si](C(C)C)(C(C)C)C(C)C.[HH]. The molecule has 1 heterocycles. The average molecular weight is 501 g/mol. The van der Waals surface area contributed by atoms with Crippen LogP contribution >= 0.6 is 0 Å². The van der Waals surface area contributed by atoms with E-state index in [1.54, 1.807) is 13.0 Å². The van der Waals surface area contributed by atoms with Crippen LogP contribution in [0.15, 0.2) is 30.3 Å². The summed E-state index contributed by atoms with van der Waals surface area (Å²) in [5.74, 6) is 0.869. The highest BCUT2D eigenvalue weighted by Gasteiger charge is 2.64. The first kappa shape index (κ1) is 28.4. The second-order valence-electron chi connectivity index (χ2n) is 10.4. The van der Waals surface area contributed by atoms with Crippen LogP contribution in [0.25, 0.3) is 0 Å². The van der Waals surface area contributed by atoms with E-state index in [4.69, 9.17) is 20.3 Å². The van der Waals surface area contributed by atoms with Gasteiger partial charge in [-0.3, -0.25) is 4.79 Å². The standard InChI is InChI=1S/C26H37F3O4Si.H2/c1-10-21(32-23(30)24(8,26(27,28)29)20-14-12-11-13-15-20)25(9)22(33-25)16-31-34(17(2)3,18(4)5)19(6)7;/h1,11-15,17-19,21-22H,16H2,2-9H3;1H/t21-,22-,24-,25?;/m0./s1. The fraction of sp³-hybridized carbons (Fsp3) is 0.654. The lowest BCUT2D eigenvalue weighted by molar-refractivity contribution is -0.208. The highest BCUT2D eigenvalue weighted by Crippen LogP contribution is 2.47. The first-order chi connectivity index (χ1) is 15.6. The van der Waals surface area contributed by atoms with Gasteiger partial charge in [-0.1, -0.05) is 77.8 Å². The molecule has 0 saturated carbocycles. The van der Waals surface area contributed by atoms with Gasteiger partial charge in [-0.25, -0.2) is 0 Å². The summed E-state index contributed by atoms with van der Waals surface area (Å²) in [6, 6.07) is 6.96. The molecule has 192 valence electrons. The number of rotatable bonds is 10. The molecule has 1 saturated heterocycles. The van der Waals surface area contributed by atoms with Crippen LogP contribution in [0.4, 0.5) is 13.2 Å². The molecule has 0 spiro atoms. The van der Waals surface area contributed by atoms with E-state index in [0.717, 1.165) is 6.92 Å². The molecule has 8 heteroatoms. The zero-order valence-corrected chi connectivity index (χ0v) is 22.3. The van der Waals surface area contributed by atoms with Crippen molar-refractivity contribution in [3.05, 3.63) is 35.9 Å². The molecule has 0 aliphatic carbocycles. The van der Waals surface area contributed by atoms with Gasteiger partial charge in [-0.2, -0.15) is 13.2 Å². The van der Waals surface area contributed by atoms with Gasteiger partial charge in [-0.05, 0) is 36.0 Å². The van der Waals surface area contributed by atoms with Gasteiger partial charge in [-0.15, -0.1) is 6.42 Å². The molecule has 1 fully saturated rings. The van der Waals surface area contributed by atoms with Crippen molar-refractivity contribution in [1.82, 2.24) is 0 Å². The predicted molar refractivity (Wildman–Crippen MR) is 131 cm³/mol. The van der Waals surface area contributed by atoms with Gasteiger partial charge in [0.2, 0.25) is 0 Å². The van der Waals surface area contributed by atoms with Crippen LogP contribution in [-0.2, 0) is 24.1 Å². The Labute approximate surface area is 204 Å². The average Bonchev–Trinajstić information content (AvgIpc) is 3.41. The van der Waals surface area contributed by atoms with Crippen molar-refractivity contribution in [1.29, 1.82) is 0 Å². The Morgan fingerprint density at radius 1 is 1.15 bits per heavy atom. The molecule has 2 rings (SSSR count). The summed E-state index contributed by atoms with van der Waals surface area (Å²) < 4.78 is 59.8. The van der Waals surface area contributed by atoms with Crippen LogP contribution in [0.5, 0.6) is 0 Å². The number of carbonyl (C=O) groups is 1. The van der Waals surface area contributed by atoms with Crippen molar-refractivity contribution in [2.45, 2.75) is 101 Å². The molecule has 1 aliphatic heterocycles. The molecule has 4 nitrogen and oxygen atoms in total. The molecule has 1 aromatic carbocycles. The summed E-state index contributed by atoms with van der Waals surface area (Å²) in [6.07, 6.45) is -1.03. The Bertz CT molecular complexity index is 878. The summed E-state index contributed by atoms with van der Waals surface area (Å²) in [7, 11) is -2.18. The lowest BCUT2D eigenvalue weighted by Gasteiger charge is -2.42. The zero-order chi connectivity index (χ0) is 26.1. The number of hydrogen-bond donors (Lipinski definition) is 0. The van der Waals surface area contributed by atoms with Crippen LogP contribution in [0, 0.1) is 12.3 Å². The van der Waals surface area contributed by atoms with Crippen molar-refractivity contribution in [3.63, 3.8) is 0 Å². The van der Waals surface area contributed by atoms with Gasteiger partial charge < -0.3 is 13.9 Å². The fourth-order valence-corrected chi connectivity index (χ4v) is 10.6. The van der Waals surface area contributed by atoms with Crippen molar-refractivity contribution in [2.24, 2.45) is 0 Å². The molecule has 0 bridgehead atoms. The topological polar surface area (TPSA) is 48.1 Å². The molecule has 1 aromatic rings. The van der Waals surface area contributed by atoms with E-state index >= 15 is 0 Å². The number of halogens is 3. The third-order valence-corrected chi connectivity index (χ3v) is 13.5. The number of terminal acetylenes is 1. The van der Waals surface area contributed by atoms with Crippen LogP contribution in [0.1, 0.15) is 62.4 Å². The third kappa shape index (κ3) is 4.93. The summed E-state index contributed by atoms with van der Waals surface area (Å²) in [6.45, 7) is 15.7. The van der Waals surface area contributed by atoms with Crippen LogP contribution < -0.4 is 0 Å². The lowest BCUT2D eigenvalue weighted by Crippen LogP contribution is -2.50. The number of hydrogen-bond acceptors (Lipinski definition) is 4. The minimum atomic E-state index is -4.88. The van der Waals surface area contributed by atoms with Crippen LogP contribution in [0.2, 0.25) is 16.6 Å². The van der Waals surface area contributed by atoms with Crippen molar-refractivity contribution in [2.75, 3.05) is 6.61 Å². The number of epoxide rings is 1. The van der Waals surface area contributed by atoms with Crippen LogP contribution in [0.3, 0.4) is 0 Å². The van der Waals surface area contributed by atoms with Gasteiger partial charge in [0.15, 0.2) is 19.8 Å². The normalized spacial score (nSPS) is 23.5. The largest absolute Gasteiger partial charge is 0.445 e. The molecule has 0 amide bonds. The second-order valence-corrected chi connectivity index (χ2v) is 15.8. The minimum Gasteiger partial charge on any atom is -0.445 e. The minimum absolute atomic E-state index is 0. The van der Waals surface area contributed by atoms with Crippen LogP contribution in [-0.4, -0.2) is 44.9 Å². The maximum Gasteiger partial charge on any atom is 0.408 e. The first-order valence-electron chi connectivity index (χ1n) is 11.7.